The summed E-state index contributed by atoms with van der Waals surface area (Å²) < 4.78 is 58.8. The van der Waals surface area contributed by atoms with Gasteiger partial charge in [-0.3, -0.25) is 9.52 Å². The van der Waals surface area contributed by atoms with Crippen LogP contribution in [0.3, 0.4) is 0 Å². The number of sulfonamides is 1. The summed E-state index contributed by atoms with van der Waals surface area (Å²) in [6, 6.07) is 15.5. The van der Waals surface area contributed by atoms with Gasteiger partial charge in [0.2, 0.25) is 0 Å². The van der Waals surface area contributed by atoms with Gasteiger partial charge in [0.25, 0.3) is 15.9 Å². The second kappa shape index (κ2) is 9.55. The minimum atomic E-state index is -4.10. The molecule has 0 spiro atoms. The summed E-state index contributed by atoms with van der Waals surface area (Å²) in [5.41, 5.74) is 2.17. The van der Waals surface area contributed by atoms with Crippen molar-refractivity contribution in [2.24, 2.45) is 0 Å². The number of hydrogen-bond acceptors (Lipinski definition) is 5. The number of amides is 1. The highest BCUT2D eigenvalue weighted by Crippen LogP contribution is 2.21. The lowest BCUT2D eigenvalue weighted by Crippen LogP contribution is -2.36. The minimum absolute atomic E-state index is 0.201. The molecule has 1 amide bonds. The fraction of sp³-hybridized carbons (Fsp3) is 0.174. The molecule has 4 rings (SSSR count). The lowest BCUT2D eigenvalue weighted by Gasteiger charge is -2.28. The quantitative estimate of drug-likeness (QED) is 0.568. The second-order valence-electron chi connectivity index (χ2n) is 7.36. The summed E-state index contributed by atoms with van der Waals surface area (Å²) >= 11 is 0. The van der Waals surface area contributed by atoms with Crippen molar-refractivity contribution in [2.45, 2.75) is 4.90 Å². The minimum Gasteiger partial charge on any atom is -0.378 e. The molecule has 0 saturated carbocycles. The van der Waals surface area contributed by atoms with Crippen LogP contribution < -0.4 is 14.9 Å². The Morgan fingerprint density at radius 1 is 0.848 bits per heavy atom. The molecule has 1 fully saturated rings. The first kappa shape index (κ1) is 22.7. The third kappa shape index (κ3) is 5.47. The molecule has 0 radical (unpaired) electrons. The van der Waals surface area contributed by atoms with Crippen LogP contribution in [0, 0.1) is 11.6 Å². The van der Waals surface area contributed by atoms with E-state index in [2.05, 4.69) is 14.9 Å². The van der Waals surface area contributed by atoms with Crippen LogP contribution in [0.15, 0.2) is 71.6 Å². The van der Waals surface area contributed by atoms with E-state index < -0.39 is 26.6 Å². The summed E-state index contributed by atoms with van der Waals surface area (Å²) in [6.07, 6.45) is 0. The molecule has 0 aliphatic carbocycles. The molecule has 0 unspecified atom stereocenters. The lowest BCUT2D eigenvalue weighted by molar-refractivity contribution is 0.102. The second-order valence-corrected chi connectivity index (χ2v) is 9.04. The number of halogens is 2. The zero-order chi connectivity index (χ0) is 23.4. The van der Waals surface area contributed by atoms with Crippen LogP contribution in [0.25, 0.3) is 0 Å². The number of ether oxygens (including phenoxy) is 1. The van der Waals surface area contributed by atoms with Gasteiger partial charge in [-0.05, 0) is 66.7 Å². The lowest BCUT2D eigenvalue weighted by atomic mass is 10.1. The molecule has 1 aliphatic rings. The summed E-state index contributed by atoms with van der Waals surface area (Å²) in [6.45, 7) is 2.96. The van der Waals surface area contributed by atoms with Crippen LogP contribution >= 0.6 is 0 Å². The maximum absolute atomic E-state index is 13.4. The molecule has 3 aromatic rings. The Morgan fingerprint density at radius 3 is 2.12 bits per heavy atom. The molecule has 1 aliphatic heterocycles. The topological polar surface area (TPSA) is 87.7 Å². The number of nitrogens with one attached hydrogen (secondary N) is 2. The first-order chi connectivity index (χ1) is 15.8. The van der Waals surface area contributed by atoms with Gasteiger partial charge < -0.3 is 15.0 Å². The Kier molecular flexibility index (Phi) is 6.57. The van der Waals surface area contributed by atoms with E-state index >= 15 is 0 Å². The Hall–Kier alpha value is -3.50. The van der Waals surface area contributed by atoms with E-state index in [1.165, 1.54) is 24.3 Å². The number of morpholine rings is 1. The van der Waals surface area contributed by atoms with Crippen LogP contribution in [-0.4, -0.2) is 40.6 Å². The van der Waals surface area contributed by atoms with Crippen LogP contribution in [-0.2, 0) is 14.8 Å². The molecular weight excluding hydrogens is 452 g/mol. The number of anilines is 3. The van der Waals surface area contributed by atoms with E-state index in [0.29, 0.717) is 30.5 Å². The normalized spacial score (nSPS) is 14.1. The largest absolute Gasteiger partial charge is 0.378 e. The Balaban J connectivity index is 1.38. The highest BCUT2D eigenvalue weighted by atomic mass is 32.2. The highest BCUT2D eigenvalue weighted by Gasteiger charge is 2.17. The van der Waals surface area contributed by atoms with Crippen molar-refractivity contribution in [3.63, 3.8) is 0 Å². The number of carbonyl (C=O) groups excluding carboxylic acids is 1. The molecule has 0 bridgehead atoms. The van der Waals surface area contributed by atoms with Gasteiger partial charge in [0.1, 0.15) is 0 Å². The number of carbonyl (C=O) groups is 1. The first-order valence-electron chi connectivity index (χ1n) is 10.1. The van der Waals surface area contributed by atoms with Crippen LogP contribution in [0.2, 0.25) is 0 Å². The van der Waals surface area contributed by atoms with Crippen LogP contribution in [0.4, 0.5) is 25.8 Å². The molecule has 3 aromatic carbocycles. The standard InChI is InChI=1S/C23H21F2N3O4S/c24-21-10-9-20(15-22(21)25)33(30,31)27-18-5-3-17(4-6-18)26-23(29)16-1-7-19(8-2-16)28-11-13-32-14-12-28/h1-10,15,27H,11-14H2,(H,26,29). The average Bonchev–Trinajstić information content (AvgIpc) is 2.82. The van der Waals surface area contributed by atoms with Gasteiger partial charge in [0, 0.05) is 35.7 Å². The van der Waals surface area contributed by atoms with Gasteiger partial charge in [-0.25, -0.2) is 17.2 Å². The molecule has 10 heteroatoms. The average molecular weight is 474 g/mol. The number of rotatable bonds is 6. The summed E-state index contributed by atoms with van der Waals surface area (Å²) in [5.74, 6) is -2.70. The van der Waals surface area contributed by atoms with Gasteiger partial charge >= 0.3 is 0 Å². The van der Waals surface area contributed by atoms with Gasteiger partial charge in [0.15, 0.2) is 11.6 Å². The molecule has 7 nitrogen and oxygen atoms in total. The van der Waals surface area contributed by atoms with Crippen molar-refractivity contribution in [2.75, 3.05) is 41.2 Å². The highest BCUT2D eigenvalue weighted by molar-refractivity contribution is 7.92. The van der Waals surface area contributed by atoms with E-state index in [-0.39, 0.29) is 11.6 Å². The van der Waals surface area contributed by atoms with Crippen LogP contribution in [0.5, 0.6) is 0 Å². The Bertz CT molecular complexity index is 1240. The predicted molar refractivity (Wildman–Crippen MR) is 121 cm³/mol. The Morgan fingerprint density at radius 2 is 1.48 bits per heavy atom. The predicted octanol–water partition coefficient (Wildman–Crippen LogP) is 3.85. The van der Waals surface area contributed by atoms with Gasteiger partial charge in [0.05, 0.1) is 18.1 Å². The van der Waals surface area contributed by atoms with Crippen LogP contribution in [0.1, 0.15) is 10.4 Å². The molecule has 172 valence electrons. The fourth-order valence-electron chi connectivity index (χ4n) is 3.33. The smallest absolute Gasteiger partial charge is 0.261 e. The number of benzene rings is 3. The van der Waals surface area contributed by atoms with E-state index in [0.717, 1.165) is 30.9 Å². The van der Waals surface area contributed by atoms with E-state index in [1.807, 2.05) is 12.1 Å². The molecular formula is C23H21F2N3O4S. The molecule has 0 atom stereocenters. The van der Waals surface area contributed by atoms with Crippen molar-refractivity contribution in [1.82, 2.24) is 0 Å². The summed E-state index contributed by atoms with van der Waals surface area (Å²) in [4.78, 5) is 14.3. The molecule has 33 heavy (non-hydrogen) atoms. The van der Waals surface area contributed by atoms with Gasteiger partial charge in [-0.2, -0.15) is 0 Å². The Labute approximate surface area is 190 Å². The summed E-state index contributed by atoms with van der Waals surface area (Å²) in [7, 11) is -4.10. The monoisotopic (exact) mass is 473 g/mol. The van der Waals surface area contributed by atoms with Gasteiger partial charge in [-0.1, -0.05) is 0 Å². The molecule has 1 saturated heterocycles. The van der Waals surface area contributed by atoms with Crippen molar-refractivity contribution < 1.29 is 26.7 Å². The SMILES string of the molecule is O=C(Nc1ccc(NS(=O)(=O)c2ccc(F)c(F)c2)cc1)c1ccc(N2CCOCC2)cc1. The van der Waals surface area contributed by atoms with E-state index in [1.54, 1.807) is 12.1 Å². The molecule has 0 aromatic heterocycles. The first-order valence-corrected chi connectivity index (χ1v) is 11.6. The third-order valence-electron chi connectivity index (χ3n) is 5.10. The fourth-order valence-corrected chi connectivity index (χ4v) is 4.40. The van der Waals surface area contributed by atoms with Crippen molar-refractivity contribution in [3.05, 3.63) is 83.9 Å². The number of nitrogens with zero attached hydrogens (tertiary/aromatic N) is 1. The van der Waals surface area contributed by atoms with E-state index in [4.69, 9.17) is 4.74 Å². The van der Waals surface area contributed by atoms with Crippen molar-refractivity contribution >= 4 is 33.0 Å². The van der Waals surface area contributed by atoms with Crippen molar-refractivity contribution in [3.8, 4) is 0 Å². The van der Waals surface area contributed by atoms with Gasteiger partial charge in [-0.15, -0.1) is 0 Å². The molecule has 1 heterocycles. The summed E-state index contributed by atoms with van der Waals surface area (Å²) in [5, 5.41) is 2.75. The third-order valence-corrected chi connectivity index (χ3v) is 6.48. The van der Waals surface area contributed by atoms with E-state index in [9.17, 15) is 22.0 Å². The molecule has 2 N–H and O–H groups in total. The number of hydrogen-bond donors (Lipinski definition) is 2. The maximum atomic E-state index is 13.4. The zero-order valence-corrected chi connectivity index (χ0v) is 18.2. The zero-order valence-electron chi connectivity index (χ0n) is 17.4. The maximum Gasteiger partial charge on any atom is 0.261 e. The van der Waals surface area contributed by atoms with Crippen molar-refractivity contribution in [1.29, 1.82) is 0 Å².